The van der Waals surface area contributed by atoms with Crippen molar-refractivity contribution in [3.63, 3.8) is 0 Å². The van der Waals surface area contributed by atoms with Crippen molar-refractivity contribution in [1.82, 2.24) is 4.90 Å². The highest BCUT2D eigenvalue weighted by atomic mass is 35.5. The van der Waals surface area contributed by atoms with Crippen LogP contribution in [0.4, 0.5) is 0 Å². The Kier molecular flexibility index (Phi) is 7.85. The maximum absolute atomic E-state index is 6.34. The molecule has 0 heterocycles. The van der Waals surface area contributed by atoms with Crippen molar-refractivity contribution < 1.29 is 4.74 Å². The van der Waals surface area contributed by atoms with Gasteiger partial charge in [0.1, 0.15) is 0 Å². The summed E-state index contributed by atoms with van der Waals surface area (Å²) in [6.07, 6.45) is 0. The number of hydrogen-bond acceptors (Lipinski definition) is 3. The summed E-state index contributed by atoms with van der Waals surface area (Å²) in [5.74, 6) is 0.541. The van der Waals surface area contributed by atoms with Crippen molar-refractivity contribution in [2.24, 2.45) is 11.7 Å². The zero-order chi connectivity index (χ0) is 15.1. The third-order valence-corrected chi connectivity index (χ3v) is 4.02. The Bertz CT molecular complexity index is 413. The van der Waals surface area contributed by atoms with Gasteiger partial charge in [-0.3, -0.25) is 4.90 Å². The molecule has 2 N–H and O–H groups in total. The van der Waals surface area contributed by atoms with Gasteiger partial charge in [0.15, 0.2) is 0 Å². The first-order chi connectivity index (χ1) is 9.51. The average Bonchev–Trinajstić information content (AvgIpc) is 2.40. The van der Waals surface area contributed by atoms with Gasteiger partial charge in [0.2, 0.25) is 0 Å². The molecule has 5 heteroatoms. The molecule has 20 heavy (non-hydrogen) atoms. The van der Waals surface area contributed by atoms with Gasteiger partial charge in [0.25, 0.3) is 0 Å². The van der Waals surface area contributed by atoms with Gasteiger partial charge in [-0.2, -0.15) is 0 Å². The van der Waals surface area contributed by atoms with E-state index in [-0.39, 0.29) is 6.04 Å². The van der Waals surface area contributed by atoms with E-state index < -0.39 is 0 Å². The normalized spacial score (nSPS) is 13.2. The second-order valence-corrected chi connectivity index (χ2v) is 6.06. The van der Waals surface area contributed by atoms with Crippen molar-refractivity contribution in [1.29, 1.82) is 0 Å². The van der Waals surface area contributed by atoms with Gasteiger partial charge >= 0.3 is 0 Å². The van der Waals surface area contributed by atoms with Crippen LogP contribution in [0.3, 0.4) is 0 Å². The van der Waals surface area contributed by atoms with E-state index in [1.165, 1.54) is 0 Å². The maximum atomic E-state index is 6.34. The second kappa shape index (κ2) is 8.85. The fourth-order valence-corrected chi connectivity index (χ4v) is 2.74. The van der Waals surface area contributed by atoms with Crippen LogP contribution in [0, 0.1) is 5.92 Å². The first kappa shape index (κ1) is 17.7. The first-order valence-electron chi connectivity index (χ1n) is 6.88. The molecule has 0 amide bonds. The van der Waals surface area contributed by atoms with Crippen LogP contribution in [-0.4, -0.2) is 38.3 Å². The molecule has 0 saturated carbocycles. The van der Waals surface area contributed by atoms with Crippen LogP contribution in [0.2, 0.25) is 10.0 Å². The summed E-state index contributed by atoms with van der Waals surface area (Å²) in [4.78, 5) is 2.31. The van der Waals surface area contributed by atoms with Crippen LogP contribution in [0.25, 0.3) is 0 Å². The first-order valence-corrected chi connectivity index (χ1v) is 7.63. The molecule has 0 saturated heterocycles. The molecule has 1 aromatic carbocycles. The van der Waals surface area contributed by atoms with Crippen LogP contribution < -0.4 is 5.73 Å². The monoisotopic (exact) mass is 318 g/mol. The SMILES string of the molecule is COCCN(CC(C)C)C(CN)c1cccc(Cl)c1Cl. The summed E-state index contributed by atoms with van der Waals surface area (Å²) in [6.45, 7) is 7.30. The molecule has 114 valence electrons. The lowest BCUT2D eigenvalue weighted by Gasteiger charge is -2.33. The zero-order valence-corrected chi connectivity index (χ0v) is 13.9. The number of benzene rings is 1. The van der Waals surface area contributed by atoms with Gasteiger partial charge in [0.05, 0.1) is 16.7 Å². The lowest BCUT2D eigenvalue weighted by atomic mass is 10.0. The fourth-order valence-electron chi connectivity index (χ4n) is 2.30. The molecule has 1 rings (SSSR count). The average molecular weight is 319 g/mol. The summed E-state index contributed by atoms with van der Waals surface area (Å²) in [5, 5.41) is 1.16. The highest BCUT2D eigenvalue weighted by molar-refractivity contribution is 6.42. The Hall–Kier alpha value is -0.320. The van der Waals surface area contributed by atoms with Gasteiger partial charge in [-0.1, -0.05) is 49.2 Å². The topological polar surface area (TPSA) is 38.5 Å². The van der Waals surface area contributed by atoms with Gasteiger partial charge in [-0.05, 0) is 17.5 Å². The standard InChI is InChI=1S/C15H24Cl2N2O/c1-11(2)10-19(7-8-20-3)14(9-18)12-5-4-6-13(16)15(12)17/h4-6,11,14H,7-10,18H2,1-3H3. The predicted octanol–water partition coefficient (Wildman–Crippen LogP) is 3.60. The molecule has 0 fully saturated rings. The summed E-state index contributed by atoms with van der Waals surface area (Å²) in [6, 6.07) is 5.75. The number of nitrogens with zero attached hydrogens (tertiary/aromatic N) is 1. The fraction of sp³-hybridized carbons (Fsp3) is 0.600. The minimum Gasteiger partial charge on any atom is -0.383 e. The van der Waals surface area contributed by atoms with E-state index in [1.54, 1.807) is 13.2 Å². The molecular weight excluding hydrogens is 295 g/mol. The number of rotatable bonds is 8. The minimum absolute atomic E-state index is 0.0544. The van der Waals surface area contributed by atoms with Crippen molar-refractivity contribution in [3.8, 4) is 0 Å². The molecule has 1 atom stereocenters. The van der Waals surface area contributed by atoms with Crippen molar-refractivity contribution in [2.75, 3.05) is 33.4 Å². The largest absolute Gasteiger partial charge is 0.383 e. The lowest BCUT2D eigenvalue weighted by molar-refractivity contribution is 0.112. The van der Waals surface area contributed by atoms with Crippen LogP contribution in [-0.2, 0) is 4.74 Å². The van der Waals surface area contributed by atoms with Crippen LogP contribution in [0.1, 0.15) is 25.5 Å². The van der Waals surface area contributed by atoms with Crippen LogP contribution in [0.5, 0.6) is 0 Å². The number of halogens is 2. The zero-order valence-electron chi connectivity index (χ0n) is 12.4. The van der Waals surface area contributed by atoms with E-state index in [9.17, 15) is 0 Å². The quantitative estimate of drug-likeness (QED) is 0.796. The third-order valence-electron chi connectivity index (χ3n) is 3.19. The van der Waals surface area contributed by atoms with E-state index in [0.717, 1.165) is 18.7 Å². The third kappa shape index (κ3) is 4.90. The molecule has 1 unspecified atom stereocenters. The van der Waals surface area contributed by atoms with E-state index in [2.05, 4.69) is 18.7 Å². The molecular formula is C15H24Cl2N2O. The van der Waals surface area contributed by atoms with Crippen molar-refractivity contribution in [3.05, 3.63) is 33.8 Å². The van der Waals surface area contributed by atoms with Gasteiger partial charge in [-0.25, -0.2) is 0 Å². The van der Waals surface area contributed by atoms with Crippen molar-refractivity contribution in [2.45, 2.75) is 19.9 Å². The van der Waals surface area contributed by atoms with Gasteiger partial charge < -0.3 is 10.5 Å². The molecule has 0 spiro atoms. The smallest absolute Gasteiger partial charge is 0.0640 e. The molecule has 0 aliphatic heterocycles. The molecule has 0 bridgehead atoms. The Morgan fingerprint density at radius 1 is 1.30 bits per heavy atom. The minimum atomic E-state index is 0.0544. The van der Waals surface area contributed by atoms with E-state index in [4.69, 9.17) is 33.7 Å². The van der Waals surface area contributed by atoms with Crippen LogP contribution in [0.15, 0.2) is 18.2 Å². The molecule has 3 nitrogen and oxygen atoms in total. The molecule has 0 aromatic heterocycles. The molecule has 0 radical (unpaired) electrons. The Morgan fingerprint density at radius 2 is 2.00 bits per heavy atom. The van der Waals surface area contributed by atoms with Gasteiger partial charge in [0, 0.05) is 32.8 Å². The molecule has 1 aromatic rings. The van der Waals surface area contributed by atoms with E-state index in [1.807, 2.05) is 12.1 Å². The van der Waals surface area contributed by atoms with Gasteiger partial charge in [-0.15, -0.1) is 0 Å². The lowest BCUT2D eigenvalue weighted by Crippen LogP contribution is -2.38. The molecule has 0 aliphatic rings. The van der Waals surface area contributed by atoms with E-state index >= 15 is 0 Å². The number of methoxy groups -OCH3 is 1. The summed E-state index contributed by atoms with van der Waals surface area (Å²) in [7, 11) is 1.71. The predicted molar refractivity (Wildman–Crippen MR) is 86.5 cm³/mol. The van der Waals surface area contributed by atoms with Crippen LogP contribution >= 0.6 is 23.2 Å². The molecule has 0 aliphatic carbocycles. The summed E-state index contributed by atoms with van der Waals surface area (Å²) < 4.78 is 5.20. The van der Waals surface area contributed by atoms with Crippen molar-refractivity contribution >= 4 is 23.2 Å². The Morgan fingerprint density at radius 3 is 2.55 bits per heavy atom. The van der Waals surface area contributed by atoms with E-state index in [0.29, 0.717) is 29.1 Å². The second-order valence-electron chi connectivity index (χ2n) is 5.28. The highest BCUT2D eigenvalue weighted by Gasteiger charge is 2.22. The summed E-state index contributed by atoms with van der Waals surface area (Å²) in [5.41, 5.74) is 6.97. The number of hydrogen-bond donors (Lipinski definition) is 1. The highest BCUT2D eigenvalue weighted by Crippen LogP contribution is 2.32. The Balaban J connectivity index is 3.01. The number of nitrogens with two attached hydrogens (primary N) is 1. The number of ether oxygens (including phenoxy) is 1. The Labute approximate surface area is 132 Å². The summed E-state index contributed by atoms with van der Waals surface area (Å²) >= 11 is 12.4. The maximum Gasteiger partial charge on any atom is 0.0640 e.